The van der Waals surface area contributed by atoms with Gasteiger partial charge in [-0.3, -0.25) is 15.0 Å². The number of rotatable bonds is 7. The Kier molecular flexibility index (Phi) is 7.54. The number of carbonyl (C=O) groups excluding carboxylic acids is 2. The maximum absolute atomic E-state index is 12.0. The van der Waals surface area contributed by atoms with E-state index in [1.165, 1.54) is 0 Å². The fourth-order valence-corrected chi connectivity index (χ4v) is 2.15. The lowest BCUT2D eigenvalue weighted by Crippen LogP contribution is -2.46. The van der Waals surface area contributed by atoms with E-state index in [-0.39, 0.29) is 18.5 Å². The highest BCUT2D eigenvalue weighted by molar-refractivity contribution is 6.01. The maximum atomic E-state index is 12.0. The first-order chi connectivity index (χ1) is 10.9. The minimum atomic E-state index is -0.534. The second-order valence-corrected chi connectivity index (χ2v) is 5.78. The number of anilines is 1. The van der Waals surface area contributed by atoms with Gasteiger partial charge in [0.1, 0.15) is 5.75 Å². The Morgan fingerprint density at radius 3 is 2.26 bits per heavy atom. The van der Waals surface area contributed by atoms with Crippen molar-refractivity contribution < 1.29 is 14.3 Å². The Labute approximate surface area is 138 Å². The van der Waals surface area contributed by atoms with E-state index in [9.17, 15) is 9.59 Å². The van der Waals surface area contributed by atoms with Gasteiger partial charge < -0.3 is 10.1 Å². The van der Waals surface area contributed by atoms with Gasteiger partial charge in [0.15, 0.2) is 0 Å². The van der Waals surface area contributed by atoms with Gasteiger partial charge in [-0.15, -0.1) is 0 Å². The molecule has 23 heavy (non-hydrogen) atoms. The highest BCUT2D eigenvalue weighted by Gasteiger charge is 2.19. The fraction of sp³-hybridized carbons (Fsp3) is 0.529. The van der Waals surface area contributed by atoms with Crippen molar-refractivity contribution in [2.24, 2.45) is 5.92 Å². The van der Waals surface area contributed by atoms with Gasteiger partial charge in [0.05, 0.1) is 13.7 Å². The van der Waals surface area contributed by atoms with E-state index < -0.39 is 6.03 Å². The molecule has 0 bridgehead atoms. The Morgan fingerprint density at radius 1 is 1.17 bits per heavy atom. The summed E-state index contributed by atoms with van der Waals surface area (Å²) in [5, 5.41) is 4.98. The molecule has 0 heterocycles. The van der Waals surface area contributed by atoms with Crippen LogP contribution in [0.2, 0.25) is 0 Å². The van der Waals surface area contributed by atoms with Crippen LogP contribution in [0.4, 0.5) is 10.5 Å². The van der Waals surface area contributed by atoms with Crippen LogP contribution in [-0.4, -0.2) is 43.1 Å². The number of methoxy groups -OCH3 is 1. The molecule has 1 unspecified atom stereocenters. The van der Waals surface area contributed by atoms with E-state index in [4.69, 9.17) is 4.74 Å². The van der Waals surface area contributed by atoms with Crippen molar-refractivity contribution in [2.45, 2.75) is 33.7 Å². The molecule has 1 rings (SSSR count). The first kappa shape index (κ1) is 19.0. The van der Waals surface area contributed by atoms with Gasteiger partial charge in [-0.2, -0.15) is 0 Å². The summed E-state index contributed by atoms with van der Waals surface area (Å²) in [6, 6.07) is 6.63. The van der Waals surface area contributed by atoms with Gasteiger partial charge in [-0.25, -0.2) is 4.79 Å². The SMILES string of the molecule is CCN(CC(=O)NC(=O)Nc1ccc(OC)cc1)C(C)C(C)C. The summed E-state index contributed by atoms with van der Waals surface area (Å²) < 4.78 is 5.05. The average molecular weight is 321 g/mol. The van der Waals surface area contributed by atoms with E-state index in [1.54, 1.807) is 31.4 Å². The van der Waals surface area contributed by atoms with Gasteiger partial charge in [0, 0.05) is 11.7 Å². The van der Waals surface area contributed by atoms with Crippen molar-refractivity contribution in [3.05, 3.63) is 24.3 Å². The molecule has 1 aromatic rings. The molecular weight excluding hydrogens is 294 g/mol. The molecule has 3 amide bonds. The third kappa shape index (κ3) is 6.28. The number of nitrogens with zero attached hydrogens (tertiary/aromatic N) is 1. The Morgan fingerprint density at radius 2 is 1.78 bits per heavy atom. The van der Waals surface area contributed by atoms with Crippen LogP contribution in [0.25, 0.3) is 0 Å². The molecule has 0 saturated carbocycles. The minimum absolute atomic E-state index is 0.200. The third-order valence-electron chi connectivity index (χ3n) is 3.89. The molecule has 1 atom stereocenters. The summed E-state index contributed by atoms with van der Waals surface area (Å²) in [6.45, 7) is 9.27. The van der Waals surface area contributed by atoms with Crippen LogP contribution in [0.3, 0.4) is 0 Å². The lowest BCUT2D eigenvalue weighted by molar-refractivity contribution is -0.121. The number of hydrogen-bond acceptors (Lipinski definition) is 4. The summed E-state index contributed by atoms with van der Waals surface area (Å²) in [6.07, 6.45) is 0. The monoisotopic (exact) mass is 321 g/mol. The number of carbonyl (C=O) groups is 2. The zero-order chi connectivity index (χ0) is 17.4. The van der Waals surface area contributed by atoms with Gasteiger partial charge in [0.2, 0.25) is 5.91 Å². The molecule has 128 valence electrons. The third-order valence-corrected chi connectivity index (χ3v) is 3.89. The molecule has 0 aliphatic carbocycles. The smallest absolute Gasteiger partial charge is 0.325 e. The standard InChI is InChI=1S/C17H27N3O3/c1-6-20(13(4)12(2)3)11-16(21)19-17(22)18-14-7-9-15(23-5)10-8-14/h7-10,12-13H,6,11H2,1-5H3,(H2,18,19,21,22). The Bertz CT molecular complexity index is 514. The van der Waals surface area contributed by atoms with Crippen LogP contribution in [-0.2, 0) is 4.79 Å². The second kappa shape index (κ2) is 9.15. The lowest BCUT2D eigenvalue weighted by Gasteiger charge is -2.29. The maximum Gasteiger partial charge on any atom is 0.325 e. The van der Waals surface area contributed by atoms with Crippen molar-refractivity contribution in [3.63, 3.8) is 0 Å². The average Bonchev–Trinajstić information content (AvgIpc) is 2.52. The largest absolute Gasteiger partial charge is 0.497 e. The van der Waals surface area contributed by atoms with E-state index in [2.05, 4.69) is 31.4 Å². The number of likely N-dealkylation sites (N-methyl/N-ethyl adjacent to an activating group) is 1. The molecule has 0 aliphatic rings. The molecule has 1 aromatic carbocycles. The molecule has 0 spiro atoms. The van der Waals surface area contributed by atoms with Crippen LogP contribution >= 0.6 is 0 Å². The fourth-order valence-electron chi connectivity index (χ4n) is 2.15. The minimum Gasteiger partial charge on any atom is -0.497 e. The summed E-state index contributed by atoms with van der Waals surface area (Å²) in [4.78, 5) is 25.9. The summed E-state index contributed by atoms with van der Waals surface area (Å²) in [7, 11) is 1.57. The van der Waals surface area contributed by atoms with Gasteiger partial charge in [-0.1, -0.05) is 20.8 Å². The molecule has 2 N–H and O–H groups in total. The van der Waals surface area contributed by atoms with Gasteiger partial charge >= 0.3 is 6.03 Å². The first-order valence-corrected chi connectivity index (χ1v) is 7.86. The highest BCUT2D eigenvalue weighted by Crippen LogP contribution is 2.14. The Hall–Kier alpha value is -2.08. The molecule has 0 radical (unpaired) electrons. The van der Waals surface area contributed by atoms with Crippen LogP contribution in [0.15, 0.2) is 24.3 Å². The second-order valence-electron chi connectivity index (χ2n) is 5.78. The van der Waals surface area contributed by atoms with Gasteiger partial charge in [-0.05, 0) is 43.7 Å². The number of ether oxygens (including phenoxy) is 1. The van der Waals surface area contributed by atoms with Crippen LogP contribution < -0.4 is 15.4 Å². The number of benzene rings is 1. The number of amides is 3. The van der Waals surface area contributed by atoms with Crippen LogP contribution in [0.1, 0.15) is 27.7 Å². The lowest BCUT2D eigenvalue weighted by atomic mass is 10.0. The number of urea groups is 1. The van der Waals surface area contributed by atoms with Crippen molar-refractivity contribution in [1.82, 2.24) is 10.2 Å². The number of nitrogens with one attached hydrogen (secondary N) is 2. The normalized spacial score (nSPS) is 12.1. The van der Waals surface area contributed by atoms with Crippen molar-refractivity contribution in [3.8, 4) is 5.75 Å². The molecule has 0 fully saturated rings. The quantitative estimate of drug-likeness (QED) is 0.810. The first-order valence-electron chi connectivity index (χ1n) is 7.86. The molecule has 0 aliphatic heterocycles. The van der Waals surface area contributed by atoms with Gasteiger partial charge in [0.25, 0.3) is 0 Å². The predicted molar refractivity (Wildman–Crippen MR) is 91.7 cm³/mol. The summed E-state index contributed by atoms with van der Waals surface area (Å²) >= 11 is 0. The van der Waals surface area contributed by atoms with E-state index in [0.717, 1.165) is 6.54 Å². The predicted octanol–water partition coefficient (Wildman–Crippen LogP) is 2.71. The van der Waals surface area contributed by atoms with E-state index in [1.807, 2.05) is 11.8 Å². The summed E-state index contributed by atoms with van der Waals surface area (Å²) in [5.41, 5.74) is 0.596. The van der Waals surface area contributed by atoms with Crippen LogP contribution in [0, 0.1) is 5.92 Å². The van der Waals surface area contributed by atoms with E-state index >= 15 is 0 Å². The summed E-state index contributed by atoms with van der Waals surface area (Å²) in [5.74, 6) is 0.828. The van der Waals surface area contributed by atoms with Crippen molar-refractivity contribution in [2.75, 3.05) is 25.5 Å². The van der Waals surface area contributed by atoms with E-state index in [0.29, 0.717) is 17.4 Å². The topological polar surface area (TPSA) is 70.7 Å². The molecular formula is C17H27N3O3. The Balaban J connectivity index is 2.50. The zero-order valence-electron chi connectivity index (χ0n) is 14.6. The highest BCUT2D eigenvalue weighted by atomic mass is 16.5. The zero-order valence-corrected chi connectivity index (χ0v) is 14.6. The van der Waals surface area contributed by atoms with Crippen molar-refractivity contribution in [1.29, 1.82) is 0 Å². The van der Waals surface area contributed by atoms with Crippen molar-refractivity contribution >= 4 is 17.6 Å². The number of imide groups is 1. The molecule has 0 saturated heterocycles. The molecule has 0 aromatic heterocycles. The molecule has 6 nitrogen and oxygen atoms in total. The van der Waals surface area contributed by atoms with Crippen LogP contribution in [0.5, 0.6) is 5.75 Å². The number of hydrogen-bond donors (Lipinski definition) is 2. The molecule has 6 heteroatoms.